The van der Waals surface area contributed by atoms with Crippen LogP contribution < -0.4 is 21.5 Å². The van der Waals surface area contributed by atoms with Crippen LogP contribution in [0.15, 0.2) is 35.3 Å². The first-order chi connectivity index (χ1) is 16.8. The zero-order valence-electron chi connectivity index (χ0n) is 19.4. The fourth-order valence-electron chi connectivity index (χ4n) is 5.89. The summed E-state index contributed by atoms with van der Waals surface area (Å²) in [5, 5.41) is 9.49. The van der Waals surface area contributed by atoms with Crippen LogP contribution in [0.5, 0.6) is 0 Å². The van der Waals surface area contributed by atoms with Gasteiger partial charge in [0.1, 0.15) is 5.82 Å². The van der Waals surface area contributed by atoms with Crippen molar-refractivity contribution < 1.29 is 18.0 Å². The Hall–Kier alpha value is -2.81. The van der Waals surface area contributed by atoms with E-state index in [1.165, 1.54) is 31.0 Å². The molecule has 6 rings (SSSR count). The van der Waals surface area contributed by atoms with E-state index in [0.29, 0.717) is 34.9 Å². The van der Waals surface area contributed by atoms with Crippen molar-refractivity contribution >= 4 is 11.6 Å². The Labute approximate surface area is 201 Å². The minimum Gasteiger partial charge on any atom is -0.381 e. The van der Waals surface area contributed by atoms with E-state index in [-0.39, 0.29) is 23.2 Å². The third-order valence-electron chi connectivity index (χ3n) is 8.24. The summed E-state index contributed by atoms with van der Waals surface area (Å²) in [6, 6.07) is 4.79. The molecule has 1 amide bonds. The van der Waals surface area contributed by atoms with Crippen LogP contribution in [-0.2, 0) is 0 Å². The van der Waals surface area contributed by atoms with Gasteiger partial charge in [0.25, 0.3) is 17.9 Å². The van der Waals surface area contributed by atoms with Gasteiger partial charge in [-0.1, -0.05) is 18.2 Å². The quantitative estimate of drug-likeness (QED) is 0.527. The van der Waals surface area contributed by atoms with Crippen LogP contribution >= 0.6 is 0 Å². The SMILES string of the molecule is C[C@@H](NC(=O)c1cn([C@H]2C[C@@H]2C2CC2)c(=O)cc1NC1[C@H]2CNC[C@@H]12)c1cccc(C(F)F)c1F. The fraction of sp³-hybridized carbons (Fsp3) is 0.538. The highest BCUT2D eigenvalue weighted by Crippen LogP contribution is 2.56. The van der Waals surface area contributed by atoms with Gasteiger partial charge in [-0.2, -0.15) is 0 Å². The molecule has 1 aliphatic heterocycles. The number of aromatic nitrogens is 1. The molecule has 3 saturated carbocycles. The van der Waals surface area contributed by atoms with E-state index >= 15 is 0 Å². The second-order valence-electron chi connectivity index (χ2n) is 10.6. The van der Waals surface area contributed by atoms with Crippen molar-refractivity contribution in [2.75, 3.05) is 18.4 Å². The fourth-order valence-corrected chi connectivity index (χ4v) is 5.89. The molecule has 1 unspecified atom stereocenters. The molecule has 35 heavy (non-hydrogen) atoms. The van der Waals surface area contributed by atoms with Gasteiger partial charge < -0.3 is 20.5 Å². The van der Waals surface area contributed by atoms with Gasteiger partial charge in [0, 0.05) is 43.0 Å². The first kappa shape index (κ1) is 22.6. The zero-order valence-corrected chi connectivity index (χ0v) is 19.4. The second-order valence-corrected chi connectivity index (χ2v) is 10.6. The number of carbonyl (C=O) groups is 1. The molecule has 1 aromatic carbocycles. The van der Waals surface area contributed by atoms with Crippen molar-refractivity contribution in [3.8, 4) is 0 Å². The summed E-state index contributed by atoms with van der Waals surface area (Å²) in [6.45, 7) is 3.38. The first-order valence-corrected chi connectivity index (χ1v) is 12.4. The Balaban J connectivity index is 1.28. The number of hydrogen-bond acceptors (Lipinski definition) is 4. The number of pyridine rings is 1. The number of halogens is 3. The van der Waals surface area contributed by atoms with Gasteiger partial charge in [-0.05, 0) is 49.9 Å². The summed E-state index contributed by atoms with van der Waals surface area (Å²) in [7, 11) is 0. The molecule has 0 spiro atoms. The van der Waals surface area contributed by atoms with E-state index in [1.54, 1.807) is 17.7 Å². The topological polar surface area (TPSA) is 75.2 Å². The number of anilines is 1. The Morgan fingerprint density at radius 3 is 2.54 bits per heavy atom. The molecule has 6 atom stereocenters. The van der Waals surface area contributed by atoms with Gasteiger partial charge in [0.2, 0.25) is 0 Å². The Morgan fingerprint density at radius 2 is 1.86 bits per heavy atom. The van der Waals surface area contributed by atoms with Gasteiger partial charge in [-0.3, -0.25) is 9.59 Å². The highest BCUT2D eigenvalue weighted by atomic mass is 19.3. The number of nitrogens with one attached hydrogen (secondary N) is 3. The normalized spacial score (nSPS) is 29.6. The zero-order chi connectivity index (χ0) is 24.4. The summed E-state index contributed by atoms with van der Waals surface area (Å²) in [5.74, 6) is 0.624. The average Bonchev–Trinajstić information content (AvgIpc) is 3.74. The second kappa shape index (κ2) is 8.40. The van der Waals surface area contributed by atoms with Gasteiger partial charge in [-0.15, -0.1) is 0 Å². The number of rotatable bonds is 8. The summed E-state index contributed by atoms with van der Waals surface area (Å²) in [5.41, 5.74) is -0.0297. The van der Waals surface area contributed by atoms with Crippen LogP contribution in [0.1, 0.15) is 66.2 Å². The molecule has 0 bridgehead atoms. The molecule has 4 fully saturated rings. The average molecular weight is 487 g/mol. The number of hydrogen-bond donors (Lipinski definition) is 3. The minimum absolute atomic E-state index is 0.00206. The molecular weight excluding hydrogens is 457 g/mol. The summed E-state index contributed by atoms with van der Waals surface area (Å²) < 4.78 is 42.7. The maximum atomic E-state index is 14.7. The number of piperidine rings is 1. The molecule has 1 aromatic heterocycles. The van der Waals surface area contributed by atoms with E-state index in [2.05, 4.69) is 16.0 Å². The third-order valence-corrected chi connectivity index (χ3v) is 8.24. The molecule has 1 saturated heterocycles. The van der Waals surface area contributed by atoms with E-state index in [9.17, 15) is 22.8 Å². The molecule has 4 aliphatic rings. The van der Waals surface area contributed by atoms with E-state index < -0.39 is 29.8 Å². The third kappa shape index (κ3) is 4.13. The molecule has 2 heterocycles. The Morgan fingerprint density at radius 1 is 1.14 bits per heavy atom. The van der Waals surface area contributed by atoms with Gasteiger partial charge in [0.05, 0.1) is 22.9 Å². The molecule has 3 N–H and O–H groups in total. The maximum absolute atomic E-state index is 14.7. The highest BCUT2D eigenvalue weighted by molar-refractivity contribution is 5.99. The van der Waals surface area contributed by atoms with Crippen molar-refractivity contribution in [2.45, 2.75) is 50.7 Å². The van der Waals surface area contributed by atoms with Gasteiger partial charge in [0.15, 0.2) is 0 Å². The van der Waals surface area contributed by atoms with Crippen LogP contribution in [0, 0.1) is 29.5 Å². The number of carbonyl (C=O) groups excluding carboxylic acids is 1. The van der Waals surface area contributed by atoms with E-state index in [1.807, 2.05) is 0 Å². The van der Waals surface area contributed by atoms with Crippen LogP contribution in [0.3, 0.4) is 0 Å². The monoisotopic (exact) mass is 486 g/mol. The highest BCUT2D eigenvalue weighted by Gasteiger charge is 2.53. The Kier molecular flexibility index (Phi) is 5.43. The lowest BCUT2D eigenvalue weighted by Crippen LogP contribution is -2.31. The van der Waals surface area contributed by atoms with E-state index in [0.717, 1.165) is 25.6 Å². The van der Waals surface area contributed by atoms with Gasteiger partial charge >= 0.3 is 0 Å². The van der Waals surface area contributed by atoms with Crippen molar-refractivity contribution in [1.29, 1.82) is 0 Å². The molecule has 186 valence electrons. The number of nitrogens with zero attached hydrogens (tertiary/aromatic N) is 1. The molecule has 9 heteroatoms. The van der Waals surface area contributed by atoms with Crippen molar-refractivity contribution in [3.05, 3.63) is 63.3 Å². The number of amides is 1. The smallest absolute Gasteiger partial charge is 0.266 e. The lowest BCUT2D eigenvalue weighted by Gasteiger charge is -2.20. The predicted octanol–water partition coefficient (Wildman–Crippen LogP) is 4.02. The van der Waals surface area contributed by atoms with Crippen molar-refractivity contribution in [2.24, 2.45) is 23.7 Å². The van der Waals surface area contributed by atoms with Crippen LogP contribution in [0.4, 0.5) is 18.9 Å². The molecule has 0 radical (unpaired) electrons. The standard InChI is InChI=1S/C26H29F3N4O2/c1-12(14-3-2-4-15(23(14)27)25(28)29)31-26(35)19-11-33(21-7-16(21)13-5-6-13)22(34)8-20(19)32-24-17-9-30-10-18(17)24/h2-4,8,11-13,16-18,21,24-25,30,32H,5-7,9-10H2,1H3,(H,31,35)/t12-,16-,17-,18+,21+,24?/m1/s1. The summed E-state index contributed by atoms with van der Waals surface area (Å²) in [6.07, 6.45) is 2.02. The number of benzene rings is 1. The Bertz CT molecular complexity index is 1220. The number of fused-ring (bicyclic) bond motifs is 1. The van der Waals surface area contributed by atoms with Crippen molar-refractivity contribution in [1.82, 2.24) is 15.2 Å². The van der Waals surface area contributed by atoms with Crippen LogP contribution in [0.2, 0.25) is 0 Å². The molecule has 6 nitrogen and oxygen atoms in total. The lowest BCUT2D eigenvalue weighted by atomic mass is 10.0. The molecular formula is C26H29F3N4O2. The summed E-state index contributed by atoms with van der Waals surface area (Å²) in [4.78, 5) is 26.4. The first-order valence-electron chi connectivity index (χ1n) is 12.4. The largest absolute Gasteiger partial charge is 0.381 e. The van der Waals surface area contributed by atoms with Gasteiger partial charge in [-0.25, -0.2) is 13.2 Å². The minimum atomic E-state index is -2.94. The maximum Gasteiger partial charge on any atom is 0.266 e. The van der Waals surface area contributed by atoms with Crippen LogP contribution in [0.25, 0.3) is 0 Å². The predicted molar refractivity (Wildman–Crippen MR) is 125 cm³/mol. The van der Waals surface area contributed by atoms with E-state index in [4.69, 9.17) is 0 Å². The van der Waals surface area contributed by atoms with Crippen molar-refractivity contribution in [3.63, 3.8) is 0 Å². The molecule has 3 aliphatic carbocycles. The number of alkyl halides is 2. The summed E-state index contributed by atoms with van der Waals surface area (Å²) >= 11 is 0. The lowest BCUT2D eigenvalue weighted by molar-refractivity contribution is 0.0939. The molecule has 2 aromatic rings. The van der Waals surface area contributed by atoms with Crippen LogP contribution in [-0.4, -0.2) is 29.6 Å².